The van der Waals surface area contributed by atoms with Gasteiger partial charge in [-0.2, -0.15) is 5.26 Å². The molecule has 0 radical (unpaired) electrons. The minimum Gasteiger partial charge on any atom is -0.356 e. The summed E-state index contributed by atoms with van der Waals surface area (Å²) in [6.07, 6.45) is -0.823. The number of likely N-dealkylation sites (N-methyl/N-ethyl adjacent to an activating group) is 1. The molecule has 0 spiro atoms. The Morgan fingerprint density at radius 1 is 1.19 bits per heavy atom. The summed E-state index contributed by atoms with van der Waals surface area (Å²) in [5.41, 5.74) is 3.02. The molecule has 1 aliphatic rings. The summed E-state index contributed by atoms with van der Waals surface area (Å²) in [7, 11) is 1.68. The molecule has 0 saturated carbocycles. The Morgan fingerprint density at radius 2 is 1.85 bits per heavy atom. The minimum atomic E-state index is -0.823. The molecule has 132 valence electrons. The first-order valence-electron chi connectivity index (χ1n) is 8.24. The fraction of sp³-hybridized carbons (Fsp3) is 0.250. The first-order chi connectivity index (χ1) is 12.5. The Morgan fingerprint density at radius 3 is 2.46 bits per heavy atom. The number of nitrogens with zero attached hydrogens (tertiary/aromatic N) is 2. The molecule has 3 rings (SSSR count). The number of anilines is 1. The molecule has 1 saturated heterocycles. The van der Waals surface area contributed by atoms with Gasteiger partial charge in [0.1, 0.15) is 6.61 Å². The highest BCUT2D eigenvalue weighted by Gasteiger charge is 2.40. The largest absolute Gasteiger partial charge is 0.356 e. The monoisotopic (exact) mass is 349 g/mol. The highest BCUT2D eigenvalue weighted by atomic mass is 16.5. The highest BCUT2D eigenvalue weighted by Crippen LogP contribution is 2.30. The van der Waals surface area contributed by atoms with Crippen LogP contribution in [0.15, 0.2) is 48.5 Å². The van der Waals surface area contributed by atoms with Crippen molar-refractivity contribution in [2.24, 2.45) is 0 Å². The van der Waals surface area contributed by atoms with Crippen molar-refractivity contribution in [2.75, 3.05) is 19.0 Å². The zero-order valence-corrected chi connectivity index (χ0v) is 14.6. The third-order valence-corrected chi connectivity index (χ3v) is 4.44. The van der Waals surface area contributed by atoms with Crippen molar-refractivity contribution < 1.29 is 14.3 Å². The van der Waals surface area contributed by atoms with Gasteiger partial charge in [-0.05, 0) is 36.8 Å². The van der Waals surface area contributed by atoms with E-state index >= 15 is 0 Å². The van der Waals surface area contributed by atoms with Crippen molar-refractivity contribution in [2.45, 2.75) is 19.1 Å². The van der Waals surface area contributed by atoms with Gasteiger partial charge >= 0.3 is 0 Å². The SMILES string of the molecule is Cc1ccc([C@H]2[C@H](C(=O)Nc3ccc(C#N)cc3)OCC(=O)N2C)cc1. The molecule has 6 heteroatoms. The fourth-order valence-electron chi connectivity index (χ4n) is 2.93. The summed E-state index contributed by atoms with van der Waals surface area (Å²) >= 11 is 0. The topological polar surface area (TPSA) is 82.4 Å². The van der Waals surface area contributed by atoms with Gasteiger partial charge in [0.15, 0.2) is 6.10 Å². The first-order valence-corrected chi connectivity index (χ1v) is 8.24. The molecule has 0 unspecified atom stereocenters. The van der Waals surface area contributed by atoms with Crippen LogP contribution in [0.25, 0.3) is 0 Å². The number of hydrogen-bond donors (Lipinski definition) is 1. The van der Waals surface area contributed by atoms with Gasteiger partial charge in [-0.3, -0.25) is 9.59 Å². The van der Waals surface area contributed by atoms with E-state index in [1.807, 2.05) is 37.3 Å². The van der Waals surface area contributed by atoms with E-state index in [9.17, 15) is 9.59 Å². The summed E-state index contributed by atoms with van der Waals surface area (Å²) in [5, 5.41) is 11.7. The van der Waals surface area contributed by atoms with Gasteiger partial charge < -0.3 is 15.0 Å². The predicted molar refractivity (Wildman–Crippen MR) is 96.2 cm³/mol. The van der Waals surface area contributed by atoms with Crippen LogP contribution in [0.1, 0.15) is 22.7 Å². The van der Waals surface area contributed by atoms with E-state index in [2.05, 4.69) is 5.32 Å². The third kappa shape index (κ3) is 3.58. The molecule has 26 heavy (non-hydrogen) atoms. The Hall–Kier alpha value is -3.17. The van der Waals surface area contributed by atoms with Crippen LogP contribution in [-0.2, 0) is 14.3 Å². The maximum atomic E-state index is 12.8. The molecule has 1 aliphatic heterocycles. The number of nitriles is 1. The van der Waals surface area contributed by atoms with Gasteiger partial charge in [0.25, 0.3) is 5.91 Å². The minimum absolute atomic E-state index is 0.135. The lowest BCUT2D eigenvalue weighted by atomic mass is 9.96. The lowest BCUT2D eigenvalue weighted by Crippen LogP contribution is -2.51. The number of hydrogen-bond acceptors (Lipinski definition) is 4. The Bertz CT molecular complexity index is 853. The highest BCUT2D eigenvalue weighted by molar-refractivity contribution is 5.96. The molecule has 0 aliphatic carbocycles. The molecular weight excluding hydrogens is 330 g/mol. The van der Waals surface area contributed by atoms with Crippen molar-refractivity contribution in [3.05, 3.63) is 65.2 Å². The fourth-order valence-corrected chi connectivity index (χ4v) is 2.93. The van der Waals surface area contributed by atoms with Crippen LogP contribution in [0.3, 0.4) is 0 Å². The number of ether oxygens (including phenoxy) is 1. The normalized spacial score (nSPS) is 19.7. The molecule has 2 atom stereocenters. The van der Waals surface area contributed by atoms with Gasteiger partial charge in [-0.25, -0.2) is 0 Å². The summed E-state index contributed by atoms with van der Waals surface area (Å²) in [4.78, 5) is 26.4. The van der Waals surface area contributed by atoms with E-state index < -0.39 is 12.1 Å². The van der Waals surface area contributed by atoms with Crippen LogP contribution in [0, 0.1) is 18.3 Å². The molecule has 0 aromatic heterocycles. The quantitative estimate of drug-likeness (QED) is 0.922. The van der Waals surface area contributed by atoms with Gasteiger partial charge in [-0.15, -0.1) is 0 Å². The van der Waals surface area contributed by atoms with Crippen molar-refractivity contribution in [1.82, 2.24) is 4.90 Å². The molecule has 1 N–H and O–H groups in total. The van der Waals surface area contributed by atoms with Crippen molar-refractivity contribution >= 4 is 17.5 Å². The summed E-state index contributed by atoms with van der Waals surface area (Å²) in [5.74, 6) is -0.502. The second-order valence-electron chi connectivity index (χ2n) is 6.27. The van der Waals surface area contributed by atoms with Crippen LogP contribution in [-0.4, -0.2) is 36.5 Å². The molecule has 6 nitrogen and oxygen atoms in total. The predicted octanol–water partition coefficient (Wildman–Crippen LogP) is 2.40. The molecular formula is C20H19N3O3. The maximum absolute atomic E-state index is 12.8. The van der Waals surface area contributed by atoms with E-state index in [4.69, 9.17) is 10.00 Å². The lowest BCUT2D eigenvalue weighted by Gasteiger charge is -2.38. The average molecular weight is 349 g/mol. The van der Waals surface area contributed by atoms with E-state index in [0.717, 1.165) is 11.1 Å². The molecule has 2 aromatic rings. The van der Waals surface area contributed by atoms with Gasteiger partial charge in [-0.1, -0.05) is 29.8 Å². The van der Waals surface area contributed by atoms with Crippen LogP contribution in [0.2, 0.25) is 0 Å². The number of rotatable bonds is 3. The molecule has 1 heterocycles. The van der Waals surface area contributed by atoms with Crippen molar-refractivity contribution in [3.63, 3.8) is 0 Å². The number of amides is 2. The number of carbonyl (C=O) groups is 2. The van der Waals surface area contributed by atoms with E-state index in [1.54, 1.807) is 36.2 Å². The van der Waals surface area contributed by atoms with E-state index in [-0.39, 0.29) is 18.4 Å². The van der Waals surface area contributed by atoms with Crippen molar-refractivity contribution in [1.29, 1.82) is 5.26 Å². The first kappa shape index (κ1) is 17.6. The average Bonchev–Trinajstić information content (AvgIpc) is 2.65. The number of aryl methyl sites for hydroxylation is 1. The smallest absolute Gasteiger partial charge is 0.256 e. The van der Waals surface area contributed by atoms with E-state index in [1.165, 1.54) is 0 Å². The number of morpholine rings is 1. The van der Waals surface area contributed by atoms with Gasteiger partial charge in [0, 0.05) is 12.7 Å². The van der Waals surface area contributed by atoms with Gasteiger partial charge in [0.2, 0.25) is 5.91 Å². The standard InChI is InChI=1S/C20H19N3O3/c1-13-3-7-15(8-4-13)18-19(26-12-17(24)23(18)2)20(25)22-16-9-5-14(11-21)6-10-16/h3-10,18-19H,12H2,1-2H3,(H,22,25)/t18-,19+/m0/s1. The third-order valence-electron chi connectivity index (χ3n) is 4.44. The second-order valence-corrected chi connectivity index (χ2v) is 6.27. The van der Waals surface area contributed by atoms with Crippen LogP contribution < -0.4 is 5.32 Å². The summed E-state index contributed by atoms with van der Waals surface area (Å²) < 4.78 is 5.58. The maximum Gasteiger partial charge on any atom is 0.256 e. The van der Waals surface area contributed by atoms with E-state index in [0.29, 0.717) is 11.3 Å². The zero-order valence-electron chi connectivity index (χ0n) is 14.6. The van der Waals surface area contributed by atoms with Crippen LogP contribution in [0.5, 0.6) is 0 Å². The summed E-state index contributed by atoms with van der Waals surface area (Å²) in [6, 6.07) is 15.8. The Balaban J connectivity index is 1.84. The van der Waals surface area contributed by atoms with Crippen molar-refractivity contribution in [3.8, 4) is 6.07 Å². The zero-order chi connectivity index (χ0) is 18.7. The van der Waals surface area contributed by atoms with Crippen LogP contribution in [0.4, 0.5) is 5.69 Å². The van der Waals surface area contributed by atoms with Gasteiger partial charge in [0.05, 0.1) is 17.7 Å². The Kier molecular flexibility index (Phi) is 5.01. The molecule has 0 bridgehead atoms. The Labute approximate surface area is 152 Å². The van der Waals surface area contributed by atoms with Crippen LogP contribution >= 0.6 is 0 Å². The number of nitrogens with one attached hydrogen (secondary N) is 1. The number of carbonyl (C=O) groups excluding carboxylic acids is 2. The number of benzene rings is 2. The lowest BCUT2D eigenvalue weighted by molar-refractivity contribution is -0.160. The molecule has 2 aromatic carbocycles. The summed E-state index contributed by atoms with van der Waals surface area (Å²) in [6.45, 7) is 1.84. The second kappa shape index (κ2) is 7.38. The molecule has 2 amide bonds. The molecule has 1 fully saturated rings.